The number of ether oxygens (including phenoxy) is 3. The Bertz CT molecular complexity index is 761. The predicted molar refractivity (Wildman–Crippen MR) is 100 cm³/mol. The summed E-state index contributed by atoms with van der Waals surface area (Å²) in [6, 6.07) is 9.09. The molecule has 2 aromatic rings. The zero-order valence-electron chi connectivity index (χ0n) is 15.6. The summed E-state index contributed by atoms with van der Waals surface area (Å²) in [6.07, 6.45) is 0. The van der Waals surface area contributed by atoms with Crippen LogP contribution in [0.2, 0.25) is 0 Å². The van der Waals surface area contributed by atoms with Crippen molar-refractivity contribution in [3.63, 3.8) is 0 Å². The highest BCUT2D eigenvalue weighted by Crippen LogP contribution is 2.17. The Morgan fingerprint density at radius 2 is 1.89 bits per heavy atom. The molecule has 0 atom stereocenters. The van der Waals surface area contributed by atoms with Gasteiger partial charge in [-0.25, -0.2) is 9.97 Å². The van der Waals surface area contributed by atoms with E-state index in [9.17, 15) is 4.79 Å². The zero-order chi connectivity index (χ0) is 19.1. The van der Waals surface area contributed by atoms with Crippen LogP contribution in [-0.4, -0.2) is 67.3 Å². The Kier molecular flexibility index (Phi) is 6.43. The molecular weight excluding hydrogens is 348 g/mol. The Balaban J connectivity index is 1.53. The number of benzene rings is 1. The molecule has 1 aromatic carbocycles. The number of carbonyl (C=O) groups excluding carboxylic acids is 1. The van der Waals surface area contributed by atoms with Crippen LogP contribution in [-0.2, 0) is 4.74 Å². The maximum Gasteiger partial charge on any atom is 0.272 e. The SMILES string of the molecule is COc1ccc(OCCNc2nc(C)cc(C(=O)N3CCOCC3)n2)cc1. The van der Waals surface area contributed by atoms with Crippen LogP contribution in [0.3, 0.4) is 0 Å². The first-order valence-corrected chi connectivity index (χ1v) is 8.89. The first kappa shape index (κ1) is 18.9. The van der Waals surface area contributed by atoms with Crippen LogP contribution in [0.5, 0.6) is 11.5 Å². The van der Waals surface area contributed by atoms with Gasteiger partial charge in [0.1, 0.15) is 23.8 Å². The zero-order valence-corrected chi connectivity index (χ0v) is 15.6. The van der Waals surface area contributed by atoms with Crippen LogP contribution >= 0.6 is 0 Å². The smallest absolute Gasteiger partial charge is 0.272 e. The number of hydrogen-bond donors (Lipinski definition) is 1. The highest BCUT2D eigenvalue weighted by molar-refractivity contribution is 5.92. The number of carbonyl (C=O) groups is 1. The molecule has 1 aromatic heterocycles. The molecule has 0 radical (unpaired) electrons. The lowest BCUT2D eigenvalue weighted by Crippen LogP contribution is -2.41. The van der Waals surface area contributed by atoms with Gasteiger partial charge in [-0.3, -0.25) is 4.79 Å². The van der Waals surface area contributed by atoms with Gasteiger partial charge in [-0.2, -0.15) is 0 Å². The minimum atomic E-state index is -0.0960. The van der Waals surface area contributed by atoms with Crippen molar-refractivity contribution in [2.24, 2.45) is 0 Å². The number of aryl methyl sites for hydroxylation is 1. The Morgan fingerprint density at radius 3 is 2.59 bits per heavy atom. The molecule has 0 bridgehead atoms. The van der Waals surface area contributed by atoms with Crippen LogP contribution in [0.1, 0.15) is 16.2 Å². The van der Waals surface area contributed by atoms with E-state index in [-0.39, 0.29) is 5.91 Å². The lowest BCUT2D eigenvalue weighted by Gasteiger charge is -2.26. The van der Waals surface area contributed by atoms with Crippen molar-refractivity contribution >= 4 is 11.9 Å². The van der Waals surface area contributed by atoms with E-state index < -0.39 is 0 Å². The molecule has 8 heteroatoms. The first-order chi connectivity index (χ1) is 13.2. The third kappa shape index (κ3) is 5.30. The summed E-state index contributed by atoms with van der Waals surface area (Å²) in [5, 5.41) is 3.11. The third-order valence-electron chi connectivity index (χ3n) is 4.08. The molecule has 1 fully saturated rings. The maximum atomic E-state index is 12.6. The van der Waals surface area contributed by atoms with E-state index in [1.807, 2.05) is 31.2 Å². The van der Waals surface area contributed by atoms with Gasteiger partial charge in [-0.05, 0) is 37.3 Å². The van der Waals surface area contributed by atoms with Gasteiger partial charge in [-0.15, -0.1) is 0 Å². The Hall–Kier alpha value is -2.87. The van der Waals surface area contributed by atoms with E-state index in [4.69, 9.17) is 14.2 Å². The number of nitrogens with one attached hydrogen (secondary N) is 1. The molecule has 1 N–H and O–H groups in total. The van der Waals surface area contributed by atoms with Crippen molar-refractivity contribution < 1.29 is 19.0 Å². The molecule has 144 valence electrons. The van der Waals surface area contributed by atoms with Crippen molar-refractivity contribution in [3.05, 3.63) is 41.7 Å². The molecule has 0 spiro atoms. The minimum absolute atomic E-state index is 0.0960. The summed E-state index contributed by atoms with van der Waals surface area (Å²) >= 11 is 0. The molecule has 2 heterocycles. The van der Waals surface area contributed by atoms with Crippen molar-refractivity contribution in [3.8, 4) is 11.5 Å². The number of anilines is 1. The number of morpholine rings is 1. The van der Waals surface area contributed by atoms with Gasteiger partial charge in [0, 0.05) is 18.8 Å². The molecule has 1 amide bonds. The topological polar surface area (TPSA) is 85.8 Å². The van der Waals surface area contributed by atoms with Gasteiger partial charge in [0.2, 0.25) is 5.95 Å². The summed E-state index contributed by atoms with van der Waals surface area (Å²) in [4.78, 5) is 23.0. The second-order valence-corrected chi connectivity index (χ2v) is 6.07. The fraction of sp³-hybridized carbons (Fsp3) is 0.421. The molecule has 1 aliphatic rings. The number of nitrogens with zero attached hydrogens (tertiary/aromatic N) is 3. The van der Waals surface area contributed by atoms with Gasteiger partial charge in [0.25, 0.3) is 5.91 Å². The number of methoxy groups -OCH3 is 1. The number of aromatic nitrogens is 2. The number of rotatable bonds is 7. The summed E-state index contributed by atoms with van der Waals surface area (Å²) in [6.45, 7) is 5.09. The van der Waals surface area contributed by atoms with E-state index in [1.165, 1.54) is 0 Å². The second-order valence-electron chi connectivity index (χ2n) is 6.07. The molecule has 0 unspecified atom stereocenters. The van der Waals surface area contributed by atoms with Crippen LogP contribution in [0.15, 0.2) is 30.3 Å². The Labute approximate surface area is 158 Å². The van der Waals surface area contributed by atoms with Crippen molar-refractivity contribution in [1.29, 1.82) is 0 Å². The van der Waals surface area contributed by atoms with Crippen LogP contribution in [0.25, 0.3) is 0 Å². The van der Waals surface area contributed by atoms with E-state index in [0.29, 0.717) is 51.1 Å². The van der Waals surface area contributed by atoms with Crippen LogP contribution in [0, 0.1) is 6.92 Å². The van der Waals surface area contributed by atoms with Gasteiger partial charge < -0.3 is 24.4 Å². The largest absolute Gasteiger partial charge is 0.497 e. The monoisotopic (exact) mass is 372 g/mol. The fourth-order valence-electron chi connectivity index (χ4n) is 2.69. The number of amides is 1. The van der Waals surface area contributed by atoms with Gasteiger partial charge >= 0.3 is 0 Å². The molecule has 3 rings (SSSR count). The molecule has 0 aliphatic carbocycles. The minimum Gasteiger partial charge on any atom is -0.497 e. The van der Waals surface area contributed by atoms with Crippen molar-refractivity contribution in [2.45, 2.75) is 6.92 Å². The summed E-state index contributed by atoms with van der Waals surface area (Å²) < 4.78 is 16.1. The quantitative estimate of drug-likeness (QED) is 0.741. The van der Waals surface area contributed by atoms with Crippen molar-refractivity contribution in [1.82, 2.24) is 14.9 Å². The molecule has 1 saturated heterocycles. The molecule has 8 nitrogen and oxygen atoms in total. The standard InChI is InChI=1S/C19H24N4O4/c1-14-13-17(18(24)23-8-11-26-12-9-23)22-19(21-14)20-7-10-27-16-5-3-15(25-2)4-6-16/h3-6,13H,7-12H2,1-2H3,(H,20,21,22). The van der Waals surface area contributed by atoms with E-state index in [1.54, 1.807) is 18.1 Å². The summed E-state index contributed by atoms with van der Waals surface area (Å²) in [7, 11) is 1.62. The fourth-order valence-corrected chi connectivity index (χ4v) is 2.69. The van der Waals surface area contributed by atoms with Crippen LogP contribution in [0.4, 0.5) is 5.95 Å². The van der Waals surface area contributed by atoms with E-state index >= 15 is 0 Å². The first-order valence-electron chi connectivity index (χ1n) is 8.89. The molecule has 27 heavy (non-hydrogen) atoms. The lowest BCUT2D eigenvalue weighted by atomic mass is 10.3. The summed E-state index contributed by atoms with van der Waals surface area (Å²) in [5.41, 5.74) is 1.13. The average Bonchev–Trinajstić information content (AvgIpc) is 2.71. The molecular formula is C19H24N4O4. The maximum absolute atomic E-state index is 12.6. The van der Waals surface area contributed by atoms with Crippen LogP contribution < -0.4 is 14.8 Å². The lowest BCUT2D eigenvalue weighted by molar-refractivity contribution is 0.0299. The third-order valence-corrected chi connectivity index (χ3v) is 4.08. The van der Waals surface area contributed by atoms with Gasteiger partial charge in [-0.1, -0.05) is 0 Å². The van der Waals surface area contributed by atoms with Gasteiger partial charge in [0.05, 0.1) is 26.9 Å². The Morgan fingerprint density at radius 1 is 1.19 bits per heavy atom. The highest BCUT2D eigenvalue weighted by Gasteiger charge is 2.20. The second kappa shape index (κ2) is 9.18. The predicted octanol–water partition coefficient (Wildman–Crippen LogP) is 1.76. The normalized spacial score (nSPS) is 13.9. The van der Waals surface area contributed by atoms with E-state index in [2.05, 4.69) is 15.3 Å². The number of hydrogen-bond acceptors (Lipinski definition) is 7. The summed E-state index contributed by atoms with van der Waals surface area (Å²) in [5.74, 6) is 1.86. The molecule has 0 saturated carbocycles. The molecule has 1 aliphatic heterocycles. The highest BCUT2D eigenvalue weighted by atomic mass is 16.5. The van der Waals surface area contributed by atoms with E-state index in [0.717, 1.165) is 17.2 Å². The van der Waals surface area contributed by atoms with Gasteiger partial charge in [0.15, 0.2) is 0 Å². The average molecular weight is 372 g/mol. The van der Waals surface area contributed by atoms with Crippen molar-refractivity contribution in [2.75, 3.05) is 51.9 Å².